The van der Waals surface area contributed by atoms with Crippen molar-refractivity contribution in [3.8, 4) is 0 Å². The molecule has 0 saturated carbocycles. The Hall–Kier alpha value is -1.86. The maximum atomic E-state index is 13.0. The van der Waals surface area contributed by atoms with Crippen LogP contribution in [0.25, 0.3) is 0 Å². The number of allylic oxidation sites excluding steroid dienone is 3. The normalized spacial score (nSPS) is 19.2. The number of unbranched alkanes of at least 4 members (excludes halogenated alkanes) is 36. The van der Waals surface area contributed by atoms with E-state index in [1.165, 1.54) is 199 Å². The van der Waals surface area contributed by atoms with Gasteiger partial charge in [-0.15, -0.1) is 0 Å². The minimum atomic E-state index is -1.57. The summed E-state index contributed by atoms with van der Waals surface area (Å²) in [6.45, 7) is 4.28. The molecule has 0 aromatic rings. The zero-order chi connectivity index (χ0) is 51.7. The number of hydrogen-bond acceptors (Lipinski definition) is 10. The third-order valence-corrected chi connectivity index (χ3v) is 14.3. The standard InChI is InChI=1S/C60H113NO10/c1-3-5-7-9-11-13-27-32-36-40-44-48-56(65)69-49-45-41-37-33-29-26-24-22-20-18-16-14-15-17-19-21-23-25-28-31-35-39-43-47-55(64)61-52(53(63)46-42-38-34-30-12-10-8-6-4-2)51-70-60-59(68)58(67)57(66)54(50-62)71-60/h9,11,42,46,52-54,57-60,62-63,66-68H,3-8,10,12-41,43-45,47-51H2,1-2H3,(H,61,64)/b11-9-,46-42+. The molecule has 7 unspecified atom stereocenters. The van der Waals surface area contributed by atoms with Crippen LogP contribution in [0.3, 0.4) is 0 Å². The van der Waals surface area contributed by atoms with Crippen LogP contribution in [0.5, 0.6) is 0 Å². The molecule has 11 heteroatoms. The van der Waals surface area contributed by atoms with E-state index in [-0.39, 0.29) is 18.5 Å². The van der Waals surface area contributed by atoms with Gasteiger partial charge in [0.2, 0.25) is 5.91 Å². The number of aliphatic hydroxyl groups is 5. The molecule has 0 aromatic carbocycles. The molecule has 1 aliphatic rings. The topological polar surface area (TPSA) is 175 Å². The molecule has 6 N–H and O–H groups in total. The van der Waals surface area contributed by atoms with Gasteiger partial charge in [0.15, 0.2) is 6.29 Å². The fourth-order valence-electron chi connectivity index (χ4n) is 9.47. The Morgan fingerprint density at radius 2 is 0.915 bits per heavy atom. The van der Waals surface area contributed by atoms with Crippen LogP contribution in [-0.2, 0) is 23.8 Å². The van der Waals surface area contributed by atoms with Crippen LogP contribution in [0.2, 0.25) is 0 Å². The number of rotatable bonds is 52. The van der Waals surface area contributed by atoms with Crippen molar-refractivity contribution >= 4 is 11.9 Å². The minimum absolute atomic E-state index is 0.00856. The van der Waals surface area contributed by atoms with Crippen LogP contribution < -0.4 is 5.32 Å². The Balaban J connectivity index is 1.99. The molecule has 1 aliphatic heterocycles. The molecule has 1 heterocycles. The second kappa shape index (κ2) is 50.3. The van der Waals surface area contributed by atoms with Crippen LogP contribution in [0.4, 0.5) is 0 Å². The third kappa shape index (κ3) is 40.2. The zero-order valence-corrected chi connectivity index (χ0v) is 45.9. The van der Waals surface area contributed by atoms with Gasteiger partial charge in [0.1, 0.15) is 24.4 Å². The lowest BCUT2D eigenvalue weighted by atomic mass is 9.99. The predicted molar refractivity (Wildman–Crippen MR) is 292 cm³/mol. The van der Waals surface area contributed by atoms with Crippen molar-refractivity contribution < 1.29 is 49.3 Å². The number of carbonyl (C=O) groups is 2. The Bertz CT molecular complexity index is 1230. The van der Waals surface area contributed by atoms with Gasteiger partial charge in [0.25, 0.3) is 0 Å². The lowest BCUT2D eigenvalue weighted by Gasteiger charge is -2.40. The van der Waals surface area contributed by atoms with Crippen molar-refractivity contribution in [2.45, 2.75) is 326 Å². The first-order valence-electron chi connectivity index (χ1n) is 30.1. The van der Waals surface area contributed by atoms with Gasteiger partial charge in [-0.25, -0.2) is 0 Å². The third-order valence-electron chi connectivity index (χ3n) is 14.3. The summed E-state index contributed by atoms with van der Waals surface area (Å²) >= 11 is 0. The minimum Gasteiger partial charge on any atom is -0.466 e. The number of amides is 1. The van der Waals surface area contributed by atoms with Gasteiger partial charge in [0, 0.05) is 12.8 Å². The number of ether oxygens (including phenoxy) is 3. The number of esters is 1. The number of carbonyl (C=O) groups excluding carboxylic acids is 2. The number of aliphatic hydroxyl groups excluding tert-OH is 5. The summed E-state index contributed by atoms with van der Waals surface area (Å²) in [7, 11) is 0. The molecule has 11 nitrogen and oxygen atoms in total. The summed E-state index contributed by atoms with van der Waals surface area (Å²) in [6.07, 6.45) is 50.0. The highest BCUT2D eigenvalue weighted by Crippen LogP contribution is 2.23. The van der Waals surface area contributed by atoms with E-state index in [1.54, 1.807) is 6.08 Å². The molecular weight excluding hydrogens is 895 g/mol. The van der Waals surface area contributed by atoms with Crippen molar-refractivity contribution in [1.82, 2.24) is 5.32 Å². The molecule has 418 valence electrons. The van der Waals surface area contributed by atoms with E-state index < -0.39 is 49.5 Å². The van der Waals surface area contributed by atoms with Crippen LogP contribution in [0.15, 0.2) is 24.3 Å². The van der Waals surface area contributed by atoms with Gasteiger partial charge in [0.05, 0.1) is 32.0 Å². The van der Waals surface area contributed by atoms with E-state index >= 15 is 0 Å². The first kappa shape index (κ1) is 67.2. The highest BCUT2D eigenvalue weighted by molar-refractivity contribution is 5.76. The highest BCUT2D eigenvalue weighted by atomic mass is 16.7. The average Bonchev–Trinajstić information content (AvgIpc) is 3.37. The van der Waals surface area contributed by atoms with Crippen LogP contribution >= 0.6 is 0 Å². The maximum absolute atomic E-state index is 13.0. The molecule has 1 amide bonds. The average molecular weight is 1010 g/mol. The van der Waals surface area contributed by atoms with E-state index in [0.29, 0.717) is 19.4 Å². The molecule has 0 aromatic heterocycles. The maximum Gasteiger partial charge on any atom is 0.305 e. The Labute approximate surface area is 435 Å². The molecule has 7 atom stereocenters. The van der Waals surface area contributed by atoms with Crippen molar-refractivity contribution in [2.75, 3.05) is 19.8 Å². The van der Waals surface area contributed by atoms with E-state index in [9.17, 15) is 35.1 Å². The van der Waals surface area contributed by atoms with Crippen molar-refractivity contribution in [3.63, 3.8) is 0 Å². The summed E-state index contributed by atoms with van der Waals surface area (Å²) in [5.41, 5.74) is 0. The quantitative estimate of drug-likeness (QED) is 0.0195. The highest BCUT2D eigenvalue weighted by Gasteiger charge is 2.44. The van der Waals surface area contributed by atoms with Crippen LogP contribution in [-0.4, -0.2) is 100 Å². The predicted octanol–water partition coefficient (Wildman–Crippen LogP) is 13.7. The molecule has 1 saturated heterocycles. The number of hydrogen-bond donors (Lipinski definition) is 6. The van der Waals surface area contributed by atoms with E-state index in [2.05, 4.69) is 31.3 Å². The van der Waals surface area contributed by atoms with Gasteiger partial charge in [-0.2, -0.15) is 0 Å². The van der Waals surface area contributed by atoms with E-state index in [4.69, 9.17) is 14.2 Å². The molecule has 0 radical (unpaired) electrons. The van der Waals surface area contributed by atoms with Crippen molar-refractivity contribution in [1.29, 1.82) is 0 Å². The largest absolute Gasteiger partial charge is 0.466 e. The lowest BCUT2D eigenvalue weighted by molar-refractivity contribution is -0.302. The van der Waals surface area contributed by atoms with Gasteiger partial charge in [-0.3, -0.25) is 9.59 Å². The van der Waals surface area contributed by atoms with Crippen LogP contribution in [0.1, 0.15) is 284 Å². The summed E-state index contributed by atoms with van der Waals surface area (Å²) in [5, 5.41) is 54.2. The molecule has 1 fully saturated rings. The fourth-order valence-corrected chi connectivity index (χ4v) is 9.47. The summed E-state index contributed by atoms with van der Waals surface area (Å²) < 4.78 is 16.7. The molecule has 0 aliphatic carbocycles. The fraction of sp³-hybridized carbons (Fsp3) is 0.900. The van der Waals surface area contributed by atoms with Crippen molar-refractivity contribution in [3.05, 3.63) is 24.3 Å². The Kier molecular flexibility index (Phi) is 47.6. The molecule has 71 heavy (non-hydrogen) atoms. The second-order valence-electron chi connectivity index (χ2n) is 21.1. The smallest absolute Gasteiger partial charge is 0.305 e. The Morgan fingerprint density at radius 3 is 1.39 bits per heavy atom. The summed E-state index contributed by atoms with van der Waals surface area (Å²) in [5.74, 6) is -0.191. The zero-order valence-electron chi connectivity index (χ0n) is 45.9. The van der Waals surface area contributed by atoms with E-state index in [1.807, 2.05) is 6.08 Å². The molecular formula is C60H113NO10. The second-order valence-corrected chi connectivity index (χ2v) is 21.1. The molecule has 0 spiro atoms. The van der Waals surface area contributed by atoms with Gasteiger partial charge in [-0.05, 0) is 51.4 Å². The Morgan fingerprint density at radius 1 is 0.507 bits per heavy atom. The molecule has 0 bridgehead atoms. The monoisotopic (exact) mass is 1010 g/mol. The van der Waals surface area contributed by atoms with E-state index in [0.717, 1.165) is 57.8 Å². The molecule has 1 rings (SSSR count). The number of nitrogens with one attached hydrogen (secondary N) is 1. The summed E-state index contributed by atoms with van der Waals surface area (Å²) in [6, 6.07) is -0.807. The van der Waals surface area contributed by atoms with Gasteiger partial charge in [-0.1, -0.05) is 244 Å². The van der Waals surface area contributed by atoms with Gasteiger partial charge < -0.3 is 45.1 Å². The van der Waals surface area contributed by atoms with Crippen LogP contribution in [0, 0.1) is 0 Å². The first-order chi connectivity index (χ1) is 34.7. The lowest BCUT2D eigenvalue weighted by Crippen LogP contribution is -2.60. The SMILES string of the molecule is CCCC/C=C\CCCCCCCC(=O)OCCCCCCCCCCCCCCCCCCCCCCCCCC(=O)NC(COC1OC(CO)C(O)C(O)C1O)C(O)/C=C/CCCCCCCCC. The first-order valence-corrected chi connectivity index (χ1v) is 30.1. The van der Waals surface area contributed by atoms with Crippen molar-refractivity contribution in [2.24, 2.45) is 0 Å². The van der Waals surface area contributed by atoms with Gasteiger partial charge >= 0.3 is 5.97 Å². The summed E-state index contributed by atoms with van der Waals surface area (Å²) in [4.78, 5) is 25.0.